The standard InChI is InChI=1S/C51H44N6/c1-49(2,3)37-27-29-39-40-30-28-38(50(4,5)6)32-42(40)51(41(39)31-37,47-54-43(33-19-11-7-12-20-33)52-44(55-47)34-21-13-8-14-22-34)48-56-45(35-23-15-9-16-24-35)53-46(57-48)36-25-17-10-18-26-36/h7-32H,1-6H3. The van der Waals surface area contributed by atoms with Crippen molar-refractivity contribution in [2.75, 3.05) is 0 Å². The van der Waals surface area contributed by atoms with Crippen LogP contribution in [0.5, 0.6) is 0 Å². The van der Waals surface area contributed by atoms with Crippen LogP contribution in [0, 0.1) is 0 Å². The number of benzene rings is 6. The molecule has 6 aromatic carbocycles. The summed E-state index contributed by atoms with van der Waals surface area (Å²) in [5.41, 5.74) is 8.73. The molecule has 0 aliphatic heterocycles. The third-order valence-electron chi connectivity index (χ3n) is 10.9. The fraction of sp³-hybridized carbons (Fsp3) is 0.176. The van der Waals surface area contributed by atoms with Crippen LogP contribution in [-0.2, 0) is 16.2 Å². The Balaban J connectivity index is 1.49. The Kier molecular flexibility index (Phi) is 8.73. The van der Waals surface area contributed by atoms with E-state index in [-0.39, 0.29) is 10.8 Å². The summed E-state index contributed by atoms with van der Waals surface area (Å²) in [6.45, 7) is 13.5. The van der Waals surface area contributed by atoms with Gasteiger partial charge < -0.3 is 0 Å². The summed E-state index contributed by atoms with van der Waals surface area (Å²) in [5.74, 6) is 3.41. The highest BCUT2D eigenvalue weighted by atomic mass is 15.1. The van der Waals surface area contributed by atoms with Gasteiger partial charge >= 0.3 is 0 Å². The van der Waals surface area contributed by atoms with Crippen LogP contribution >= 0.6 is 0 Å². The average molecular weight is 741 g/mol. The van der Waals surface area contributed by atoms with Crippen molar-refractivity contribution in [1.82, 2.24) is 29.9 Å². The fourth-order valence-electron chi connectivity index (χ4n) is 7.79. The lowest BCUT2D eigenvalue weighted by Crippen LogP contribution is -2.35. The van der Waals surface area contributed by atoms with E-state index in [0.29, 0.717) is 34.9 Å². The normalized spacial score (nSPS) is 13.2. The minimum Gasteiger partial charge on any atom is -0.211 e. The highest BCUT2D eigenvalue weighted by Gasteiger charge is 2.52. The molecule has 278 valence electrons. The second-order valence-corrected chi connectivity index (χ2v) is 16.8. The van der Waals surface area contributed by atoms with Crippen molar-refractivity contribution >= 4 is 0 Å². The van der Waals surface area contributed by atoms with Crippen molar-refractivity contribution in [3.8, 4) is 56.7 Å². The summed E-state index contributed by atoms with van der Waals surface area (Å²) < 4.78 is 0. The van der Waals surface area contributed by atoms with Gasteiger partial charge in [0.15, 0.2) is 34.9 Å². The van der Waals surface area contributed by atoms with Gasteiger partial charge in [-0.05, 0) is 44.2 Å². The molecule has 0 amide bonds. The summed E-state index contributed by atoms with van der Waals surface area (Å²) in [6.07, 6.45) is 0. The van der Waals surface area contributed by atoms with Gasteiger partial charge in [0.2, 0.25) is 0 Å². The van der Waals surface area contributed by atoms with Gasteiger partial charge in [-0.3, -0.25) is 0 Å². The van der Waals surface area contributed by atoms with Crippen molar-refractivity contribution in [1.29, 1.82) is 0 Å². The number of hydrogen-bond donors (Lipinski definition) is 0. The Morgan fingerprint density at radius 1 is 0.333 bits per heavy atom. The van der Waals surface area contributed by atoms with Gasteiger partial charge in [-0.15, -0.1) is 0 Å². The Labute approximate surface area is 334 Å². The molecule has 1 aliphatic carbocycles. The van der Waals surface area contributed by atoms with Crippen LogP contribution in [0.25, 0.3) is 56.7 Å². The molecular weight excluding hydrogens is 697 g/mol. The molecule has 0 saturated carbocycles. The molecule has 0 saturated heterocycles. The molecule has 0 atom stereocenters. The lowest BCUT2D eigenvalue weighted by molar-refractivity contribution is 0.579. The largest absolute Gasteiger partial charge is 0.211 e. The maximum atomic E-state index is 5.52. The van der Waals surface area contributed by atoms with Crippen molar-refractivity contribution in [3.63, 3.8) is 0 Å². The quantitative estimate of drug-likeness (QED) is 0.169. The van der Waals surface area contributed by atoms with E-state index in [1.54, 1.807) is 0 Å². The van der Waals surface area contributed by atoms with Crippen LogP contribution in [0.3, 0.4) is 0 Å². The highest BCUT2D eigenvalue weighted by molar-refractivity contribution is 5.86. The smallest absolute Gasteiger partial charge is 0.163 e. The van der Waals surface area contributed by atoms with Gasteiger partial charge in [-0.2, -0.15) is 0 Å². The molecule has 0 spiro atoms. The van der Waals surface area contributed by atoms with Crippen LogP contribution in [-0.4, -0.2) is 29.9 Å². The number of aromatic nitrogens is 6. The number of rotatable bonds is 6. The second-order valence-electron chi connectivity index (χ2n) is 16.8. The van der Waals surface area contributed by atoms with Gasteiger partial charge in [0.05, 0.1) is 0 Å². The minimum absolute atomic E-state index is 0.154. The number of nitrogens with zero attached hydrogens (tertiary/aromatic N) is 6. The maximum Gasteiger partial charge on any atom is 0.163 e. The van der Waals surface area contributed by atoms with Crippen molar-refractivity contribution in [2.24, 2.45) is 0 Å². The first-order chi connectivity index (χ1) is 27.5. The van der Waals surface area contributed by atoms with E-state index in [0.717, 1.165) is 44.5 Å². The lowest BCUT2D eigenvalue weighted by atomic mass is 9.73. The topological polar surface area (TPSA) is 77.3 Å². The van der Waals surface area contributed by atoms with Gasteiger partial charge in [-0.25, -0.2) is 29.9 Å². The first kappa shape index (κ1) is 36.0. The van der Waals surface area contributed by atoms with Gasteiger partial charge in [0.1, 0.15) is 5.41 Å². The summed E-state index contributed by atoms with van der Waals surface area (Å²) in [4.78, 5) is 32.4. The lowest BCUT2D eigenvalue weighted by Gasteiger charge is -2.32. The molecular formula is C51H44N6. The van der Waals surface area contributed by atoms with E-state index >= 15 is 0 Å². The Bertz CT molecular complexity index is 2430. The van der Waals surface area contributed by atoms with E-state index < -0.39 is 5.41 Å². The zero-order valence-electron chi connectivity index (χ0n) is 33.2. The molecule has 0 fully saturated rings. The van der Waals surface area contributed by atoms with E-state index in [9.17, 15) is 0 Å². The number of hydrogen-bond acceptors (Lipinski definition) is 6. The Morgan fingerprint density at radius 2 is 0.614 bits per heavy atom. The van der Waals surface area contributed by atoms with Gasteiger partial charge in [0.25, 0.3) is 0 Å². The van der Waals surface area contributed by atoms with Crippen LogP contribution in [0.1, 0.15) is 75.4 Å². The maximum absolute atomic E-state index is 5.52. The van der Waals surface area contributed by atoms with Crippen LogP contribution in [0.2, 0.25) is 0 Å². The van der Waals surface area contributed by atoms with E-state index in [1.165, 1.54) is 11.1 Å². The molecule has 57 heavy (non-hydrogen) atoms. The highest BCUT2D eigenvalue weighted by Crippen LogP contribution is 2.56. The summed E-state index contributed by atoms with van der Waals surface area (Å²) in [5, 5.41) is 0. The zero-order chi connectivity index (χ0) is 39.4. The molecule has 2 heterocycles. The molecule has 9 rings (SSSR count). The number of fused-ring (bicyclic) bond motifs is 3. The molecule has 6 heteroatoms. The first-order valence-corrected chi connectivity index (χ1v) is 19.6. The van der Waals surface area contributed by atoms with E-state index in [4.69, 9.17) is 29.9 Å². The second kappa shape index (κ2) is 13.8. The Hall–Kier alpha value is -6.66. The average Bonchev–Trinajstić information content (AvgIpc) is 3.54. The monoisotopic (exact) mass is 740 g/mol. The first-order valence-electron chi connectivity index (χ1n) is 19.6. The molecule has 1 aliphatic rings. The molecule has 0 bridgehead atoms. The molecule has 0 radical (unpaired) electrons. The minimum atomic E-state index is -1.18. The molecule has 8 aromatic rings. The van der Waals surface area contributed by atoms with E-state index in [1.807, 2.05) is 72.8 Å². The summed E-state index contributed by atoms with van der Waals surface area (Å²) in [6, 6.07) is 54.4. The van der Waals surface area contributed by atoms with Gasteiger partial charge in [-0.1, -0.05) is 199 Å². The van der Waals surface area contributed by atoms with E-state index in [2.05, 4.69) is 126 Å². The van der Waals surface area contributed by atoms with Crippen molar-refractivity contribution < 1.29 is 0 Å². The molecule has 0 unspecified atom stereocenters. The predicted molar refractivity (Wildman–Crippen MR) is 230 cm³/mol. The molecule has 2 aromatic heterocycles. The zero-order valence-corrected chi connectivity index (χ0v) is 33.2. The molecule has 6 nitrogen and oxygen atoms in total. The third-order valence-corrected chi connectivity index (χ3v) is 10.9. The van der Waals surface area contributed by atoms with Gasteiger partial charge in [0, 0.05) is 22.3 Å². The predicted octanol–water partition coefficient (Wildman–Crippen LogP) is 11.7. The van der Waals surface area contributed by atoms with Crippen molar-refractivity contribution in [3.05, 3.63) is 192 Å². The van der Waals surface area contributed by atoms with Crippen LogP contribution < -0.4 is 0 Å². The summed E-state index contributed by atoms with van der Waals surface area (Å²) in [7, 11) is 0. The summed E-state index contributed by atoms with van der Waals surface area (Å²) >= 11 is 0. The third kappa shape index (κ3) is 6.41. The van der Waals surface area contributed by atoms with Crippen molar-refractivity contribution in [2.45, 2.75) is 57.8 Å². The SMILES string of the molecule is CC(C)(C)c1ccc2c(c1)C(c1nc(-c3ccccc3)nc(-c3ccccc3)n1)(c1nc(-c3ccccc3)nc(-c3ccccc3)n1)c1cc(C(C)(C)C)ccc1-2. The fourth-order valence-corrected chi connectivity index (χ4v) is 7.79. The van der Waals surface area contributed by atoms with Crippen LogP contribution in [0.15, 0.2) is 158 Å². The Morgan fingerprint density at radius 3 is 0.877 bits per heavy atom. The molecule has 0 N–H and O–H groups in total. The van der Waals surface area contributed by atoms with Crippen LogP contribution in [0.4, 0.5) is 0 Å².